The molecule has 0 radical (unpaired) electrons. The minimum Gasteiger partial charge on any atom is -0.391 e. The van der Waals surface area contributed by atoms with Crippen LogP contribution in [0, 0.1) is 0 Å². The average molecular weight is 226 g/mol. The fraction of sp³-hybridized carbons (Fsp3) is 1.00. The Morgan fingerprint density at radius 1 is 1.25 bits per heavy atom. The molecule has 2 fully saturated rings. The molecule has 16 heavy (non-hydrogen) atoms. The van der Waals surface area contributed by atoms with Gasteiger partial charge in [0.25, 0.3) is 0 Å². The molecule has 3 atom stereocenters. The second kappa shape index (κ2) is 5.99. The molecule has 0 aromatic heterocycles. The predicted molar refractivity (Wildman–Crippen MR) is 66.5 cm³/mol. The van der Waals surface area contributed by atoms with E-state index in [4.69, 9.17) is 0 Å². The van der Waals surface area contributed by atoms with Gasteiger partial charge in [-0.2, -0.15) is 0 Å². The lowest BCUT2D eigenvalue weighted by molar-refractivity contribution is 0.00182. The number of rotatable bonds is 4. The number of hydrogen-bond acceptors (Lipinski definition) is 3. The molecule has 3 unspecified atom stereocenters. The van der Waals surface area contributed by atoms with Gasteiger partial charge in [0.15, 0.2) is 0 Å². The van der Waals surface area contributed by atoms with E-state index >= 15 is 0 Å². The first-order valence-corrected chi connectivity index (χ1v) is 6.97. The number of aliphatic hydroxyl groups is 1. The molecule has 0 spiro atoms. The summed E-state index contributed by atoms with van der Waals surface area (Å²) in [5.41, 5.74) is 0. The van der Waals surface area contributed by atoms with E-state index in [0.29, 0.717) is 12.1 Å². The fourth-order valence-corrected chi connectivity index (χ4v) is 3.28. The van der Waals surface area contributed by atoms with Crippen LogP contribution in [0.25, 0.3) is 0 Å². The number of aliphatic hydroxyl groups excluding tert-OH is 1. The maximum absolute atomic E-state index is 10.2. The molecule has 1 heterocycles. The van der Waals surface area contributed by atoms with Crippen molar-refractivity contribution >= 4 is 0 Å². The van der Waals surface area contributed by atoms with Gasteiger partial charge in [-0.3, -0.25) is 4.90 Å². The van der Waals surface area contributed by atoms with Gasteiger partial charge < -0.3 is 10.4 Å². The molecular formula is C13H26N2O. The summed E-state index contributed by atoms with van der Waals surface area (Å²) in [4.78, 5) is 2.59. The molecule has 2 N–H and O–H groups in total. The minimum atomic E-state index is -0.0825. The molecule has 2 rings (SSSR count). The topological polar surface area (TPSA) is 35.5 Å². The number of hydrogen-bond donors (Lipinski definition) is 2. The standard InChI is InChI=1S/C13H26N2O/c1-2-9-15(11-7-8-14-10-11)12-5-3-4-6-13(12)16/h11-14,16H,2-10H2,1H3. The predicted octanol–water partition coefficient (Wildman–Crippen LogP) is 1.36. The third-order valence-corrected chi connectivity index (χ3v) is 4.11. The Labute approximate surface area is 99.2 Å². The van der Waals surface area contributed by atoms with Crippen LogP contribution in [0.1, 0.15) is 45.4 Å². The summed E-state index contributed by atoms with van der Waals surface area (Å²) in [7, 11) is 0. The zero-order valence-electron chi connectivity index (χ0n) is 10.5. The van der Waals surface area contributed by atoms with Gasteiger partial charge in [-0.1, -0.05) is 19.8 Å². The van der Waals surface area contributed by atoms with Crippen molar-refractivity contribution < 1.29 is 5.11 Å². The SMILES string of the molecule is CCCN(C1CCNC1)C1CCCCC1O. The van der Waals surface area contributed by atoms with E-state index in [0.717, 1.165) is 26.1 Å². The van der Waals surface area contributed by atoms with Crippen LogP contribution >= 0.6 is 0 Å². The highest BCUT2D eigenvalue weighted by Crippen LogP contribution is 2.26. The summed E-state index contributed by atoms with van der Waals surface area (Å²) in [5, 5.41) is 13.6. The molecule has 1 aliphatic heterocycles. The van der Waals surface area contributed by atoms with E-state index in [1.165, 1.54) is 32.1 Å². The average Bonchev–Trinajstić information content (AvgIpc) is 2.80. The Morgan fingerprint density at radius 2 is 2.06 bits per heavy atom. The lowest BCUT2D eigenvalue weighted by Crippen LogP contribution is -2.51. The molecule has 0 aromatic carbocycles. The van der Waals surface area contributed by atoms with Crippen molar-refractivity contribution in [2.24, 2.45) is 0 Å². The van der Waals surface area contributed by atoms with Gasteiger partial charge in [-0.25, -0.2) is 0 Å². The molecule has 0 bridgehead atoms. The number of nitrogens with zero attached hydrogens (tertiary/aromatic N) is 1. The third-order valence-electron chi connectivity index (χ3n) is 4.11. The molecule has 0 aromatic rings. The molecule has 0 amide bonds. The molecule has 3 heteroatoms. The van der Waals surface area contributed by atoms with E-state index in [2.05, 4.69) is 17.1 Å². The van der Waals surface area contributed by atoms with Gasteiger partial charge >= 0.3 is 0 Å². The summed E-state index contributed by atoms with van der Waals surface area (Å²) >= 11 is 0. The first-order chi connectivity index (χ1) is 7.83. The van der Waals surface area contributed by atoms with Crippen molar-refractivity contribution in [2.75, 3.05) is 19.6 Å². The van der Waals surface area contributed by atoms with Crippen LogP contribution in [0.4, 0.5) is 0 Å². The van der Waals surface area contributed by atoms with Crippen molar-refractivity contribution in [3.05, 3.63) is 0 Å². The molecular weight excluding hydrogens is 200 g/mol. The summed E-state index contributed by atoms with van der Waals surface area (Å²) in [6.07, 6.45) is 7.06. The second-order valence-corrected chi connectivity index (χ2v) is 5.30. The Morgan fingerprint density at radius 3 is 2.69 bits per heavy atom. The fourth-order valence-electron chi connectivity index (χ4n) is 3.28. The van der Waals surface area contributed by atoms with E-state index in [1.807, 2.05) is 0 Å². The lowest BCUT2D eigenvalue weighted by Gasteiger charge is -2.41. The van der Waals surface area contributed by atoms with Crippen LogP contribution in [-0.4, -0.2) is 47.8 Å². The van der Waals surface area contributed by atoms with Crippen molar-refractivity contribution in [3.63, 3.8) is 0 Å². The van der Waals surface area contributed by atoms with Crippen LogP contribution in [0.3, 0.4) is 0 Å². The van der Waals surface area contributed by atoms with Crippen molar-refractivity contribution in [3.8, 4) is 0 Å². The third kappa shape index (κ3) is 2.76. The van der Waals surface area contributed by atoms with E-state index < -0.39 is 0 Å². The molecule has 1 aliphatic carbocycles. The van der Waals surface area contributed by atoms with Crippen LogP contribution in [0.2, 0.25) is 0 Å². The quantitative estimate of drug-likeness (QED) is 0.760. The molecule has 1 saturated carbocycles. The summed E-state index contributed by atoms with van der Waals surface area (Å²) in [6.45, 7) is 5.65. The summed E-state index contributed by atoms with van der Waals surface area (Å²) in [5.74, 6) is 0. The second-order valence-electron chi connectivity index (χ2n) is 5.30. The van der Waals surface area contributed by atoms with E-state index in [9.17, 15) is 5.11 Å². The molecule has 1 saturated heterocycles. The van der Waals surface area contributed by atoms with Crippen molar-refractivity contribution in [1.82, 2.24) is 10.2 Å². The minimum absolute atomic E-state index is 0.0825. The Kier molecular flexibility index (Phi) is 4.62. The maximum atomic E-state index is 10.2. The summed E-state index contributed by atoms with van der Waals surface area (Å²) in [6, 6.07) is 1.09. The Balaban J connectivity index is 1.98. The van der Waals surface area contributed by atoms with Crippen LogP contribution < -0.4 is 5.32 Å². The first kappa shape index (κ1) is 12.3. The van der Waals surface area contributed by atoms with Gasteiger partial charge in [0.1, 0.15) is 0 Å². The van der Waals surface area contributed by atoms with Gasteiger partial charge in [0, 0.05) is 18.6 Å². The Bertz CT molecular complexity index is 204. The highest BCUT2D eigenvalue weighted by atomic mass is 16.3. The van der Waals surface area contributed by atoms with E-state index in [1.54, 1.807) is 0 Å². The molecule has 94 valence electrons. The van der Waals surface area contributed by atoms with E-state index in [-0.39, 0.29) is 6.10 Å². The maximum Gasteiger partial charge on any atom is 0.0695 e. The van der Waals surface area contributed by atoms with Crippen LogP contribution in [0.15, 0.2) is 0 Å². The van der Waals surface area contributed by atoms with Gasteiger partial charge in [-0.05, 0) is 38.8 Å². The van der Waals surface area contributed by atoms with Gasteiger partial charge in [-0.15, -0.1) is 0 Å². The molecule has 2 aliphatic rings. The first-order valence-electron chi connectivity index (χ1n) is 6.97. The monoisotopic (exact) mass is 226 g/mol. The smallest absolute Gasteiger partial charge is 0.0695 e. The van der Waals surface area contributed by atoms with Crippen LogP contribution in [-0.2, 0) is 0 Å². The highest BCUT2D eigenvalue weighted by molar-refractivity contribution is 4.90. The van der Waals surface area contributed by atoms with Crippen molar-refractivity contribution in [2.45, 2.75) is 63.6 Å². The summed E-state index contributed by atoms with van der Waals surface area (Å²) < 4.78 is 0. The zero-order valence-corrected chi connectivity index (χ0v) is 10.5. The van der Waals surface area contributed by atoms with Crippen molar-refractivity contribution in [1.29, 1.82) is 0 Å². The molecule has 3 nitrogen and oxygen atoms in total. The zero-order chi connectivity index (χ0) is 11.4. The van der Waals surface area contributed by atoms with Gasteiger partial charge in [0.2, 0.25) is 0 Å². The Hall–Kier alpha value is -0.120. The lowest BCUT2D eigenvalue weighted by atomic mass is 9.90. The highest BCUT2D eigenvalue weighted by Gasteiger charge is 2.33. The van der Waals surface area contributed by atoms with Gasteiger partial charge in [0.05, 0.1) is 6.10 Å². The normalized spacial score (nSPS) is 35.8. The largest absolute Gasteiger partial charge is 0.391 e. The van der Waals surface area contributed by atoms with Crippen LogP contribution in [0.5, 0.6) is 0 Å². The number of nitrogens with one attached hydrogen (secondary N) is 1.